The van der Waals surface area contributed by atoms with Crippen molar-refractivity contribution in [1.82, 2.24) is 15.5 Å². The van der Waals surface area contributed by atoms with E-state index in [1.807, 2.05) is 6.07 Å². The van der Waals surface area contributed by atoms with E-state index in [0.717, 1.165) is 36.7 Å². The zero-order chi connectivity index (χ0) is 13.2. The zero-order valence-corrected chi connectivity index (χ0v) is 11.6. The third-order valence-electron chi connectivity index (χ3n) is 3.45. The molecule has 1 aromatic carbocycles. The number of hydrogen-bond donors (Lipinski definition) is 1. The molecule has 5 heteroatoms. The van der Waals surface area contributed by atoms with Crippen LogP contribution in [0.3, 0.4) is 0 Å². The topological polar surface area (TPSA) is 51.0 Å². The number of fused-ring (bicyclic) bond motifs is 1. The van der Waals surface area contributed by atoms with Gasteiger partial charge in [0.15, 0.2) is 5.82 Å². The first-order valence-electron chi connectivity index (χ1n) is 6.50. The first-order chi connectivity index (χ1) is 9.20. The summed E-state index contributed by atoms with van der Waals surface area (Å²) in [5.41, 5.74) is 2.76. The number of aryl methyl sites for hydroxylation is 1. The Hall–Kier alpha value is -1.39. The van der Waals surface area contributed by atoms with Crippen LogP contribution in [-0.2, 0) is 19.3 Å². The van der Waals surface area contributed by atoms with Gasteiger partial charge in [-0.25, -0.2) is 0 Å². The molecular formula is C14H16ClN3O. The molecule has 0 radical (unpaired) electrons. The van der Waals surface area contributed by atoms with Crippen molar-refractivity contribution in [2.75, 3.05) is 6.54 Å². The summed E-state index contributed by atoms with van der Waals surface area (Å²) < 4.78 is 4.95. The predicted octanol–water partition coefficient (Wildman–Crippen LogP) is 2.33. The lowest BCUT2D eigenvalue weighted by Gasteiger charge is -2.10. The van der Waals surface area contributed by atoms with Gasteiger partial charge in [0.2, 0.25) is 5.89 Å². The lowest BCUT2D eigenvalue weighted by atomic mass is 10.1. The van der Waals surface area contributed by atoms with E-state index in [1.54, 1.807) is 6.92 Å². The summed E-state index contributed by atoms with van der Waals surface area (Å²) in [4.78, 5) is 4.19. The van der Waals surface area contributed by atoms with E-state index in [4.69, 9.17) is 16.1 Å². The first-order valence-corrected chi connectivity index (χ1v) is 6.88. The second kappa shape index (κ2) is 5.31. The molecule has 1 aliphatic rings. The van der Waals surface area contributed by atoms with E-state index in [-0.39, 0.29) is 0 Å². The summed E-state index contributed by atoms with van der Waals surface area (Å²) in [6.07, 6.45) is 2.91. The van der Waals surface area contributed by atoms with E-state index in [0.29, 0.717) is 11.9 Å². The van der Waals surface area contributed by atoms with Gasteiger partial charge in [-0.3, -0.25) is 0 Å². The standard InChI is InChI=1S/C14H16ClN3O/c1-9-17-14(18-19-9)4-5-16-13-7-10-2-3-12(15)6-11(10)8-13/h2-3,6,13,16H,4-5,7-8H2,1H3. The summed E-state index contributed by atoms with van der Waals surface area (Å²) in [5, 5.41) is 8.25. The quantitative estimate of drug-likeness (QED) is 0.932. The van der Waals surface area contributed by atoms with E-state index in [9.17, 15) is 0 Å². The Morgan fingerprint density at radius 1 is 1.37 bits per heavy atom. The van der Waals surface area contributed by atoms with Gasteiger partial charge in [-0.15, -0.1) is 0 Å². The largest absolute Gasteiger partial charge is 0.340 e. The van der Waals surface area contributed by atoms with Gasteiger partial charge in [0.1, 0.15) is 0 Å². The number of nitrogens with zero attached hydrogens (tertiary/aromatic N) is 2. The summed E-state index contributed by atoms with van der Waals surface area (Å²) in [7, 11) is 0. The highest BCUT2D eigenvalue weighted by Crippen LogP contribution is 2.25. The highest BCUT2D eigenvalue weighted by Gasteiger charge is 2.20. The van der Waals surface area contributed by atoms with Gasteiger partial charge in [-0.1, -0.05) is 22.8 Å². The van der Waals surface area contributed by atoms with E-state index >= 15 is 0 Å². The van der Waals surface area contributed by atoms with Gasteiger partial charge in [0.05, 0.1) is 0 Å². The molecule has 19 heavy (non-hydrogen) atoms. The molecule has 1 aromatic heterocycles. The number of aromatic nitrogens is 2. The van der Waals surface area contributed by atoms with Crippen molar-refractivity contribution < 1.29 is 4.52 Å². The van der Waals surface area contributed by atoms with Gasteiger partial charge in [-0.2, -0.15) is 4.98 Å². The van der Waals surface area contributed by atoms with Crippen molar-refractivity contribution in [2.45, 2.75) is 32.2 Å². The second-order valence-corrected chi connectivity index (χ2v) is 5.39. The van der Waals surface area contributed by atoms with Crippen molar-refractivity contribution in [2.24, 2.45) is 0 Å². The molecule has 100 valence electrons. The second-order valence-electron chi connectivity index (χ2n) is 4.95. The van der Waals surface area contributed by atoms with Crippen LogP contribution in [0.5, 0.6) is 0 Å². The fourth-order valence-electron chi connectivity index (χ4n) is 2.56. The molecular weight excluding hydrogens is 262 g/mol. The van der Waals surface area contributed by atoms with Gasteiger partial charge in [0.25, 0.3) is 0 Å². The Bertz CT molecular complexity index is 582. The zero-order valence-electron chi connectivity index (χ0n) is 10.8. The maximum Gasteiger partial charge on any atom is 0.223 e. The molecule has 2 aromatic rings. The summed E-state index contributed by atoms with van der Waals surface area (Å²) >= 11 is 6.01. The van der Waals surface area contributed by atoms with Crippen LogP contribution in [0.25, 0.3) is 0 Å². The van der Waals surface area contributed by atoms with Crippen molar-refractivity contribution in [3.8, 4) is 0 Å². The van der Waals surface area contributed by atoms with E-state index in [2.05, 4.69) is 27.6 Å². The lowest BCUT2D eigenvalue weighted by Crippen LogP contribution is -2.31. The number of nitrogens with one attached hydrogen (secondary N) is 1. The maximum absolute atomic E-state index is 6.01. The molecule has 0 amide bonds. The van der Waals surface area contributed by atoms with Gasteiger partial charge in [-0.05, 0) is 36.1 Å². The van der Waals surface area contributed by atoms with E-state index < -0.39 is 0 Å². The Labute approximate surface area is 117 Å². The van der Waals surface area contributed by atoms with Crippen LogP contribution < -0.4 is 5.32 Å². The fourth-order valence-corrected chi connectivity index (χ4v) is 2.76. The number of hydrogen-bond acceptors (Lipinski definition) is 4. The number of halogens is 1. The van der Waals surface area contributed by atoms with Gasteiger partial charge in [0, 0.05) is 31.0 Å². The Balaban J connectivity index is 1.51. The number of benzene rings is 1. The average molecular weight is 278 g/mol. The average Bonchev–Trinajstić information content (AvgIpc) is 2.95. The SMILES string of the molecule is Cc1nc(CCNC2Cc3ccc(Cl)cc3C2)no1. The molecule has 1 unspecified atom stereocenters. The van der Waals surface area contributed by atoms with Gasteiger partial charge < -0.3 is 9.84 Å². The molecule has 0 spiro atoms. The molecule has 4 nitrogen and oxygen atoms in total. The number of rotatable bonds is 4. The van der Waals surface area contributed by atoms with Crippen LogP contribution >= 0.6 is 11.6 Å². The molecule has 0 saturated carbocycles. The Morgan fingerprint density at radius 2 is 2.21 bits per heavy atom. The van der Waals surface area contributed by atoms with E-state index in [1.165, 1.54) is 11.1 Å². The highest BCUT2D eigenvalue weighted by atomic mass is 35.5. The minimum atomic E-state index is 0.487. The maximum atomic E-state index is 6.01. The molecule has 0 aliphatic heterocycles. The third-order valence-corrected chi connectivity index (χ3v) is 3.69. The van der Waals surface area contributed by atoms with Crippen LogP contribution in [0.4, 0.5) is 0 Å². The molecule has 3 rings (SSSR count). The van der Waals surface area contributed by atoms with Crippen molar-refractivity contribution in [3.63, 3.8) is 0 Å². The van der Waals surface area contributed by atoms with Crippen LogP contribution in [0.2, 0.25) is 5.02 Å². The lowest BCUT2D eigenvalue weighted by molar-refractivity contribution is 0.386. The van der Waals surface area contributed by atoms with Crippen molar-refractivity contribution in [1.29, 1.82) is 0 Å². The first kappa shape index (κ1) is 12.6. The Kier molecular flexibility index (Phi) is 3.53. The molecule has 1 aliphatic carbocycles. The summed E-state index contributed by atoms with van der Waals surface area (Å²) in [6, 6.07) is 6.65. The third kappa shape index (κ3) is 2.96. The molecule has 1 heterocycles. The van der Waals surface area contributed by atoms with Crippen molar-refractivity contribution >= 4 is 11.6 Å². The smallest absolute Gasteiger partial charge is 0.223 e. The van der Waals surface area contributed by atoms with Gasteiger partial charge >= 0.3 is 0 Å². The fraction of sp³-hybridized carbons (Fsp3) is 0.429. The highest BCUT2D eigenvalue weighted by molar-refractivity contribution is 6.30. The molecule has 0 bridgehead atoms. The van der Waals surface area contributed by atoms with Crippen LogP contribution in [0.1, 0.15) is 22.8 Å². The Morgan fingerprint density at radius 3 is 3.00 bits per heavy atom. The minimum Gasteiger partial charge on any atom is -0.340 e. The molecule has 0 fully saturated rings. The molecule has 1 N–H and O–H groups in total. The predicted molar refractivity (Wildman–Crippen MR) is 73.4 cm³/mol. The monoisotopic (exact) mass is 277 g/mol. The van der Waals surface area contributed by atoms with Crippen LogP contribution in [0.15, 0.2) is 22.7 Å². The normalized spacial score (nSPS) is 17.7. The molecule has 1 atom stereocenters. The molecule has 0 saturated heterocycles. The van der Waals surface area contributed by atoms with Crippen molar-refractivity contribution in [3.05, 3.63) is 46.1 Å². The minimum absolute atomic E-state index is 0.487. The summed E-state index contributed by atoms with van der Waals surface area (Å²) in [6.45, 7) is 2.67. The van der Waals surface area contributed by atoms with Crippen LogP contribution in [0, 0.1) is 6.92 Å². The van der Waals surface area contributed by atoms with Crippen LogP contribution in [-0.4, -0.2) is 22.7 Å². The summed E-state index contributed by atoms with van der Waals surface area (Å²) in [5.74, 6) is 1.39.